The van der Waals surface area contributed by atoms with E-state index < -0.39 is 21.8 Å². The highest BCUT2D eigenvalue weighted by Crippen LogP contribution is 2.31. The van der Waals surface area contributed by atoms with E-state index in [1.165, 1.54) is 18.9 Å². The minimum Gasteiger partial charge on any atom is -0.466 e. The molecule has 1 aliphatic heterocycles. The normalized spacial score (nSPS) is 23.3. The molecule has 9 heteroatoms. The standard InChI is InChI=1S/C13H18N4O4S/c1-13(11(18)21-4)14-12(16(2)3)15-22(19,20)17(13)10-8-6-5-7-9-10/h5-9H,1-4H3,(H,14,15). The number of carbonyl (C=O) groups is 1. The van der Waals surface area contributed by atoms with Crippen molar-refractivity contribution in [2.75, 3.05) is 25.5 Å². The Morgan fingerprint density at radius 2 is 1.91 bits per heavy atom. The number of methoxy groups -OCH3 is 1. The van der Waals surface area contributed by atoms with E-state index in [0.29, 0.717) is 5.69 Å². The number of anilines is 1. The zero-order chi connectivity index (χ0) is 16.5. The van der Waals surface area contributed by atoms with Crippen LogP contribution in [0.2, 0.25) is 0 Å². The van der Waals surface area contributed by atoms with Crippen LogP contribution in [0.15, 0.2) is 35.3 Å². The summed E-state index contributed by atoms with van der Waals surface area (Å²) in [5.41, 5.74) is -1.43. The molecule has 0 saturated carbocycles. The van der Waals surface area contributed by atoms with E-state index in [1.54, 1.807) is 44.4 Å². The summed E-state index contributed by atoms with van der Waals surface area (Å²) in [6.45, 7) is 1.40. The number of para-hydroxylation sites is 1. The van der Waals surface area contributed by atoms with Crippen molar-refractivity contribution in [3.63, 3.8) is 0 Å². The summed E-state index contributed by atoms with van der Waals surface area (Å²) in [4.78, 5) is 18.0. The first kappa shape index (κ1) is 16.1. The molecule has 22 heavy (non-hydrogen) atoms. The lowest BCUT2D eigenvalue weighted by molar-refractivity contribution is -0.145. The molecule has 1 heterocycles. The van der Waals surface area contributed by atoms with Crippen LogP contribution in [0, 0.1) is 0 Å². The quantitative estimate of drug-likeness (QED) is 0.781. The summed E-state index contributed by atoms with van der Waals surface area (Å²) in [6, 6.07) is 8.26. The topological polar surface area (TPSA) is 91.3 Å². The highest BCUT2D eigenvalue weighted by molar-refractivity contribution is 7.91. The maximum atomic E-state index is 12.6. The van der Waals surface area contributed by atoms with Gasteiger partial charge in [-0.2, -0.15) is 8.42 Å². The van der Waals surface area contributed by atoms with Crippen LogP contribution >= 0.6 is 0 Å². The first-order valence-corrected chi connectivity index (χ1v) is 7.90. The van der Waals surface area contributed by atoms with Gasteiger partial charge in [0.15, 0.2) is 0 Å². The summed E-state index contributed by atoms with van der Waals surface area (Å²) in [5.74, 6) is -0.721. The molecule has 120 valence electrons. The van der Waals surface area contributed by atoms with Gasteiger partial charge >= 0.3 is 16.2 Å². The van der Waals surface area contributed by atoms with Gasteiger partial charge in [-0.25, -0.2) is 18.8 Å². The number of esters is 1. The molecule has 0 radical (unpaired) electrons. The first-order valence-electron chi connectivity index (χ1n) is 6.46. The van der Waals surface area contributed by atoms with Gasteiger partial charge < -0.3 is 9.64 Å². The molecule has 2 rings (SSSR count). The summed E-state index contributed by atoms with van der Waals surface area (Å²) < 4.78 is 33.3. The Labute approximate surface area is 129 Å². The van der Waals surface area contributed by atoms with E-state index in [4.69, 9.17) is 4.74 Å². The molecule has 0 fully saturated rings. The maximum absolute atomic E-state index is 12.6. The van der Waals surface area contributed by atoms with Gasteiger partial charge in [0.2, 0.25) is 11.6 Å². The van der Waals surface area contributed by atoms with Crippen LogP contribution in [0.25, 0.3) is 0 Å². The predicted molar refractivity (Wildman–Crippen MR) is 82.5 cm³/mol. The summed E-state index contributed by atoms with van der Waals surface area (Å²) in [6.07, 6.45) is 0. The number of ether oxygens (including phenoxy) is 1. The molecular formula is C13H18N4O4S. The summed E-state index contributed by atoms with van der Waals surface area (Å²) in [5, 5.41) is 0. The van der Waals surface area contributed by atoms with E-state index in [1.807, 2.05) is 0 Å². The molecule has 0 aromatic heterocycles. The van der Waals surface area contributed by atoms with Crippen LogP contribution in [0.5, 0.6) is 0 Å². The van der Waals surface area contributed by atoms with E-state index in [9.17, 15) is 13.2 Å². The van der Waals surface area contributed by atoms with E-state index >= 15 is 0 Å². The van der Waals surface area contributed by atoms with Crippen LogP contribution in [-0.4, -0.2) is 52.1 Å². The minimum atomic E-state index is -4.02. The Balaban J connectivity index is 2.70. The SMILES string of the molecule is COC(=O)C1(C)N=C(N(C)C)NS(=O)(=O)N1c1ccccc1. The zero-order valence-corrected chi connectivity index (χ0v) is 13.6. The largest absolute Gasteiger partial charge is 0.466 e. The van der Waals surface area contributed by atoms with Gasteiger partial charge in [0, 0.05) is 14.1 Å². The monoisotopic (exact) mass is 326 g/mol. The second-order valence-corrected chi connectivity index (χ2v) is 6.57. The van der Waals surface area contributed by atoms with Gasteiger partial charge in [0.05, 0.1) is 12.8 Å². The first-order chi connectivity index (χ1) is 10.2. The van der Waals surface area contributed by atoms with Crippen LogP contribution in [0.3, 0.4) is 0 Å². The number of hydrogen-bond acceptors (Lipinski definition) is 6. The Kier molecular flexibility index (Phi) is 4.01. The summed E-state index contributed by atoms with van der Waals surface area (Å²) >= 11 is 0. The molecule has 1 N–H and O–H groups in total. The van der Waals surface area contributed by atoms with Gasteiger partial charge in [0.1, 0.15) is 0 Å². The van der Waals surface area contributed by atoms with E-state index in [2.05, 4.69) is 9.71 Å². The molecule has 1 unspecified atom stereocenters. The summed E-state index contributed by atoms with van der Waals surface area (Å²) in [7, 11) is 0.412. The average Bonchev–Trinajstić information content (AvgIpc) is 2.45. The van der Waals surface area contributed by atoms with Crippen LogP contribution in [0.1, 0.15) is 6.92 Å². The Hall–Kier alpha value is -2.29. The second-order valence-electron chi connectivity index (χ2n) is 5.05. The molecule has 1 aromatic rings. The average molecular weight is 326 g/mol. The van der Waals surface area contributed by atoms with Crippen molar-refractivity contribution >= 4 is 27.8 Å². The third-order valence-electron chi connectivity index (χ3n) is 3.17. The fourth-order valence-corrected chi connectivity index (χ4v) is 3.67. The molecule has 0 aliphatic carbocycles. The third kappa shape index (κ3) is 2.59. The lowest BCUT2D eigenvalue weighted by Crippen LogP contribution is -2.64. The number of carbonyl (C=O) groups excluding carboxylic acids is 1. The van der Waals surface area contributed by atoms with E-state index in [0.717, 1.165) is 4.31 Å². The van der Waals surface area contributed by atoms with Crippen molar-refractivity contribution in [2.45, 2.75) is 12.6 Å². The highest BCUT2D eigenvalue weighted by Gasteiger charge is 2.51. The number of guanidine groups is 1. The molecule has 1 aromatic carbocycles. The van der Waals surface area contributed by atoms with Crippen LogP contribution in [-0.2, 0) is 19.7 Å². The fourth-order valence-electron chi connectivity index (χ4n) is 2.14. The van der Waals surface area contributed by atoms with Gasteiger partial charge in [0.25, 0.3) is 0 Å². The Morgan fingerprint density at radius 3 is 2.41 bits per heavy atom. The molecule has 0 saturated heterocycles. The van der Waals surface area contributed by atoms with Crippen molar-refractivity contribution in [2.24, 2.45) is 4.99 Å². The Bertz CT molecular complexity index is 702. The van der Waals surface area contributed by atoms with Crippen molar-refractivity contribution in [1.82, 2.24) is 9.62 Å². The molecule has 0 amide bonds. The molecule has 0 spiro atoms. The van der Waals surface area contributed by atoms with Gasteiger partial charge in [-0.1, -0.05) is 18.2 Å². The van der Waals surface area contributed by atoms with Crippen LogP contribution in [0.4, 0.5) is 5.69 Å². The number of benzene rings is 1. The van der Waals surface area contributed by atoms with Crippen molar-refractivity contribution < 1.29 is 17.9 Å². The minimum absolute atomic E-state index is 0.0556. The smallest absolute Gasteiger partial charge is 0.355 e. The number of aliphatic imine (C=N–C) groups is 1. The number of nitrogens with one attached hydrogen (secondary N) is 1. The number of rotatable bonds is 2. The lowest BCUT2D eigenvalue weighted by Gasteiger charge is -2.41. The second kappa shape index (κ2) is 5.48. The predicted octanol–water partition coefficient (Wildman–Crippen LogP) is 0.148. The number of hydrogen-bond donors (Lipinski definition) is 1. The van der Waals surface area contributed by atoms with Crippen molar-refractivity contribution in [3.05, 3.63) is 30.3 Å². The van der Waals surface area contributed by atoms with Gasteiger partial charge in [-0.15, -0.1) is 0 Å². The van der Waals surface area contributed by atoms with Crippen molar-refractivity contribution in [1.29, 1.82) is 0 Å². The maximum Gasteiger partial charge on any atom is 0.355 e. The molecular weight excluding hydrogens is 308 g/mol. The Morgan fingerprint density at radius 1 is 1.32 bits per heavy atom. The molecule has 1 atom stereocenters. The van der Waals surface area contributed by atoms with Gasteiger partial charge in [-0.3, -0.25) is 0 Å². The van der Waals surface area contributed by atoms with Gasteiger partial charge in [-0.05, 0) is 19.1 Å². The van der Waals surface area contributed by atoms with E-state index in [-0.39, 0.29) is 5.96 Å². The highest BCUT2D eigenvalue weighted by atomic mass is 32.2. The molecule has 1 aliphatic rings. The third-order valence-corrected chi connectivity index (χ3v) is 4.65. The molecule has 8 nitrogen and oxygen atoms in total. The van der Waals surface area contributed by atoms with Crippen molar-refractivity contribution in [3.8, 4) is 0 Å². The fraction of sp³-hybridized carbons (Fsp3) is 0.385. The zero-order valence-electron chi connectivity index (χ0n) is 12.8. The number of nitrogens with zero attached hydrogens (tertiary/aromatic N) is 3. The van der Waals surface area contributed by atoms with Crippen LogP contribution < -0.4 is 9.03 Å². The lowest BCUT2D eigenvalue weighted by atomic mass is 10.2. The molecule has 0 bridgehead atoms.